The minimum atomic E-state index is -1.72. The summed E-state index contributed by atoms with van der Waals surface area (Å²) in [6.07, 6.45) is 34.8. The molecule has 0 aromatic rings. The third kappa shape index (κ3) is 27.6. The molecule has 0 aromatic heterocycles. The van der Waals surface area contributed by atoms with Gasteiger partial charge in [-0.2, -0.15) is 0 Å². The average Bonchev–Trinajstić information content (AvgIpc) is 3.32. The van der Waals surface area contributed by atoms with E-state index in [4.69, 9.17) is 28.4 Å². The van der Waals surface area contributed by atoms with Crippen molar-refractivity contribution in [2.45, 2.75) is 197 Å². The Morgan fingerprint density at radius 1 is 0.493 bits per heavy atom. The van der Waals surface area contributed by atoms with E-state index in [2.05, 4.69) is 105 Å². The second kappa shape index (κ2) is 39.7. The van der Waals surface area contributed by atoms with Crippen molar-refractivity contribution in [2.24, 2.45) is 0 Å². The number of rotatable bonds is 37. The highest BCUT2D eigenvalue weighted by atomic mass is 16.7. The maximum absolute atomic E-state index is 13.0. The Morgan fingerprint density at radius 3 is 1.45 bits per heavy atom. The van der Waals surface area contributed by atoms with E-state index in [1.54, 1.807) is 0 Å². The molecule has 0 amide bonds. The first-order valence-corrected chi connectivity index (χ1v) is 24.8. The van der Waals surface area contributed by atoms with E-state index in [0.717, 1.165) is 89.9 Å². The van der Waals surface area contributed by atoms with Gasteiger partial charge in [0, 0.05) is 13.0 Å². The lowest BCUT2D eigenvalue weighted by atomic mass is 9.98. The zero-order valence-electron chi connectivity index (χ0n) is 40.3. The van der Waals surface area contributed by atoms with Crippen LogP contribution in [0.15, 0.2) is 97.2 Å². The molecule has 14 nitrogen and oxygen atoms in total. The number of unbranched alkanes of at least 4 members (excludes halogenated alkanes) is 7. The summed E-state index contributed by atoms with van der Waals surface area (Å²) in [6.45, 7) is 3.32. The van der Waals surface area contributed by atoms with Gasteiger partial charge in [-0.1, -0.05) is 137 Å². The highest BCUT2D eigenvalue weighted by molar-refractivity contribution is 5.69. The van der Waals surface area contributed by atoms with E-state index >= 15 is 0 Å². The van der Waals surface area contributed by atoms with Crippen LogP contribution in [-0.4, -0.2) is 142 Å². The van der Waals surface area contributed by atoms with E-state index in [1.165, 1.54) is 6.42 Å². The maximum atomic E-state index is 13.0. The van der Waals surface area contributed by atoms with E-state index in [0.29, 0.717) is 19.4 Å². The Kier molecular flexibility index (Phi) is 35.6. The number of hydrogen-bond donors (Lipinski definition) is 7. The fraction of sp³-hybridized carbons (Fsp3) is 0.679. The van der Waals surface area contributed by atoms with Crippen LogP contribution in [0.3, 0.4) is 0 Å². The van der Waals surface area contributed by atoms with Gasteiger partial charge in [-0.05, 0) is 83.5 Å². The van der Waals surface area contributed by atoms with Crippen LogP contribution < -0.4 is 0 Å². The minimum absolute atomic E-state index is 0.0229. The molecule has 2 fully saturated rings. The Balaban J connectivity index is 1.82. The highest BCUT2D eigenvalue weighted by Crippen LogP contribution is 2.26. The number of aliphatic hydroxyl groups excluding tert-OH is 7. The smallest absolute Gasteiger partial charge is 0.306 e. The normalized spacial score (nSPS) is 26.9. The van der Waals surface area contributed by atoms with Crippen LogP contribution in [0.25, 0.3) is 0 Å². The van der Waals surface area contributed by atoms with E-state index in [9.17, 15) is 40.5 Å². The molecule has 7 N–H and O–H groups in total. The fourth-order valence-electron chi connectivity index (χ4n) is 7.10. The molecule has 11 unspecified atom stereocenters. The summed E-state index contributed by atoms with van der Waals surface area (Å²) in [4.78, 5) is 13.0. The molecule has 0 saturated carbocycles. The summed E-state index contributed by atoms with van der Waals surface area (Å²) in [5.74, 6) is -0.443. The van der Waals surface area contributed by atoms with Gasteiger partial charge in [-0.15, -0.1) is 0 Å². The number of esters is 1. The van der Waals surface area contributed by atoms with Crippen molar-refractivity contribution in [3.8, 4) is 0 Å². The van der Waals surface area contributed by atoms with Gasteiger partial charge in [0.1, 0.15) is 54.9 Å². The molecule has 0 radical (unpaired) electrons. The predicted molar refractivity (Wildman–Crippen MR) is 261 cm³/mol. The lowest BCUT2D eigenvalue weighted by Crippen LogP contribution is -2.61. The molecule has 382 valence electrons. The molecule has 2 aliphatic rings. The van der Waals surface area contributed by atoms with Crippen LogP contribution in [0.4, 0.5) is 0 Å². The van der Waals surface area contributed by atoms with E-state index in [1.807, 2.05) is 6.08 Å². The molecule has 0 spiro atoms. The van der Waals surface area contributed by atoms with Crippen molar-refractivity contribution < 1.29 is 69.0 Å². The Morgan fingerprint density at radius 2 is 0.925 bits per heavy atom. The molecule has 2 aliphatic heterocycles. The summed E-state index contributed by atoms with van der Waals surface area (Å²) < 4.78 is 34.1. The molecule has 2 rings (SSSR count). The van der Waals surface area contributed by atoms with Crippen molar-refractivity contribution in [3.63, 3.8) is 0 Å². The molecule has 2 saturated heterocycles. The lowest BCUT2D eigenvalue weighted by Gasteiger charge is -2.42. The number of allylic oxidation sites excluding steroid dienone is 16. The number of carbonyl (C=O) groups excluding carboxylic acids is 1. The standard InChI is InChI=1S/C53H86O14/c1-3-5-7-9-11-13-15-17-19-21-22-24-26-28-30-32-34-36-45(55)65-42(39-62-37-35-33-31-29-27-25-23-20-18-16-14-12-10-8-6-4-2)40-63-52-51(61)49(59)47(57)44(67-52)41-64-53-50(60)48(58)46(56)43(38-54)66-53/h5-8,11-14,17-20,22,24,28,30,42-44,46-54,56-61H,3-4,9-10,15-16,21,23,25-27,29,31-41H2,1-2H3/b7-5-,8-6-,13-11-,14-12-,19-17-,20-18-,24-22-,30-28-. The van der Waals surface area contributed by atoms with Crippen LogP contribution in [0, 0.1) is 0 Å². The van der Waals surface area contributed by atoms with Crippen LogP contribution >= 0.6 is 0 Å². The molecule has 0 bridgehead atoms. The van der Waals surface area contributed by atoms with E-state index in [-0.39, 0.29) is 19.6 Å². The number of ether oxygens (including phenoxy) is 6. The van der Waals surface area contributed by atoms with Gasteiger partial charge in [0.2, 0.25) is 0 Å². The van der Waals surface area contributed by atoms with Gasteiger partial charge in [0.15, 0.2) is 12.6 Å². The maximum Gasteiger partial charge on any atom is 0.306 e. The SMILES string of the molecule is CC/C=C\C/C=C\C/C=C\C/C=C\C/C=C\CCCC(=O)OC(COCCCCCCCC/C=C\C/C=C\C/C=C\CC)COC1OC(COC2OC(CO)C(O)C(O)C2O)C(O)C(O)C1O. The number of carbonyl (C=O) groups is 1. The predicted octanol–water partition coefficient (Wildman–Crippen LogP) is 7.07. The second-order valence-electron chi connectivity index (χ2n) is 16.9. The zero-order valence-corrected chi connectivity index (χ0v) is 40.3. The monoisotopic (exact) mass is 947 g/mol. The van der Waals surface area contributed by atoms with Gasteiger partial charge in [-0.25, -0.2) is 0 Å². The number of aliphatic hydroxyl groups is 7. The van der Waals surface area contributed by atoms with Gasteiger partial charge in [0.25, 0.3) is 0 Å². The van der Waals surface area contributed by atoms with Crippen LogP contribution in [0.5, 0.6) is 0 Å². The Bertz CT molecular complexity index is 1470. The molecule has 67 heavy (non-hydrogen) atoms. The third-order valence-electron chi connectivity index (χ3n) is 11.1. The molecule has 0 aromatic carbocycles. The number of hydrogen-bond acceptors (Lipinski definition) is 14. The summed E-state index contributed by atoms with van der Waals surface area (Å²) in [7, 11) is 0. The summed E-state index contributed by atoms with van der Waals surface area (Å²) in [5, 5.41) is 72.1. The van der Waals surface area contributed by atoms with Gasteiger partial charge in [-0.3, -0.25) is 4.79 Å². The van der Waals surface area contributed by atoms with Crippen LogP contribution in [-0.2, 0) is 33.2 Å². The fourth-order valence-corrected chi connectivity index (χ4v) is 7.10. The third-order valence-corrected chi connectivity index (χ3v) is 11.1. The lowest BCUT2D eigenvalue weighted by molar-refractivity contribution is -0.332. The molecular weight excluding hydrogens is 861 g/mol. The average molecular weight is 947 g/mol. The van der Waals surface area contributed by atoms with Gasteiger partial charge >= 0.3 is 5.97 Å². The first-order valence-electron chi connectivity index (χ1n) is 24.8. The Labute approximate surface area is 401 Å². The molecule has 2 heterocycles. The molecule has 0 aliphatic carbocycles. The van der Waals surface area contributed by atoms with Crippen LogP contribution in [0.2, 0.25) is 0 Å². The van der Waals surface area contributed by atoms with Gasteiger partial charge in [0.05, 0.1) is 26.4 Å². The van der Waals surface area contributed by atoms with Crippen molar-refractivity contribution in [1.82, 2.24) is 0 Å². The summed E-state index contributed by atoms with van der Waals surface area (Å²) in [6, 6.07) is 0. The van der Waals surface area contributed by atoms with Crippen molar-refractivity contribution in [2.75, 3.05) is 33.0 Å². The summed E-state index contributed by atoms with van der Waals surface area (Å²) in [5.41, 5.74) is 0. The van der Waals surface area contributed by atoms with Crippen molar-refractivity contribution >= 4 is 5.97 Å². The van der Waals surface area contributed by atoms with Crippen molar-refractivity contribution in [1.29, 1.82) is 0 Å². The Hall–Kier alpha value is -3.09. The first kappa shape index (κ1) is 60.0. The van der Waals surface area contributed by atoms with Crippen LogP contribution in [0.1, 0.15) is 129 Å². The topological polar surface area (TPSA) is 214 Å². The minimum Gasteiger partial charge on any atom is -0.457 e. The quantitative estimate of drug-likeness (QED) is 0.0189. The molecule has 11 atom stereocenters. The molecule has 14 heteroatoms. The highest BCUT2D eigenvalue weighted by Gasteiger charge is 2.47. The zero-order chi connectivity index (χ0) is 48.7. The second-order valence-corrected chi connectivity index (χ2v) is 16.9. The summed E-state index contributed by atoms with van der Waals surface area (Å²) >= 11 is 0. The molecular formula is C53H86O14. The van der Waals surface area contributed by atoms with Crippen molar-refractivity contribution in [3.05, 3.63) is 97.2 Å². The van der Waals surface area contributed by atoms with E-state index < -0.39 is 86.7 Å². The van der Waals surface area contributed by atoms with Gasteiger partial charge < -0.3 is 64.2 Å². The first-order chi connectivity index (χ1) is 32.6. The largest absolute Gasteiger partial charge is 0.457 e.